The molecule has 1 aromatic carbocycles. The van der Waals surface area contributed by atoms with Gasteiger partial charge in [-0.2, -0.15) is 0 Å². The van der Waals surface area contributed by atoms with Crippen molar-refractivity contribution in [2.75, 3.05) is 38.2 Å². The van der Waals surface area contributed by atoms with Crippen LogP contribution in [0.1, 0.15) is 6.42 Å². The van der Waals surface area contributed by atoms with Crippen LogP contribution >= 0.6 is 0 Å². The van der Waals surface area contributed by atoms with E-state index in [2.05, 4.69) is 10.6 Å². The highest BCUT2D eigenvalue weighted by molar-refractivity contribution is 5.89. The van der Waals surface area contributed by atoms with E-state index in [0.717, 1.165) is 12.1 Å². The number of carbonyl (C=O) groups is 2. The fourth-order valence-electron chi connectivity index (χ4n) is 3.23. The van der Waals surface area contributed by atoms with E-state index in [9.17, 15) is 28.6 Å². The van der Waals surface area contributed by atoms with E-state index in [0.29, 0.717) is 32.4 Å². The van der Waals surface area contributed by atoms with Crippen LogP contribution in [0.5, 0.6) is 0 Å². The molecule has 0 aromatic heterocycles. The molecular weight excluding hydrogens is 392 g/mol. The van der Waals surface area contributed by atoms with Crippen LogP contribution in [0.2, 0.25) is 0 Å². The molecule has 160 valence electrons. The molecule has 2 saturated heterocycles. The fourth-order valence-corrected chi connectivity index (χ4v) is 3.23. The highest BCUT2D eigenvalue weighted by Crippen LogP contribution is 2.24. The summed E-state index contributed by atoms with van der Waals surface area (Å²) >= 11 is 0. The summed E-state index contributed by atoms with van der Waals surface area (Å²) in [6, 6.07) is 1.90. The Morgan fingerprint density at radius 3 is 2.52 bits per heavy atom. The van der Waals surface area contributed by atoms with Gasteiger partial charge >= 0.3 is 6.03 Å². The Hall–Kier alpha value is -2.34. The minimum absolute atomic E-state index is 0.109. The predicted octanol–water partition coefficient (Wildman–Crippen LogP) is -0.176. The first-order valence-corrected chi connectivity index (χ1v) is 9.22. The molecule has 2 aliphatic rings. The molecule has 2 aliphatic heterocycles. The maximum atomic E-state index is 13.6. The number of urea groups is 1. The molecule has 0 radical (unpaired) electrons. The number of rotatable bonds is 5. The van der Waals surface area contributed by atoms with Crippen LogP contribution in [0.25, 0.3) is 0 Å². The molecule has 2 fully saturated rings. The third-order valence-corrected chi connectivity index (χ3v) is 4.84. The number of amides is 3. The minimum atomic E-state index is -1.31. The van der Waals surface area contributed by atoms with E-state index >= 15 is 0 Å². The van der Waals surface area contributed by atoms with Gasteiger partial charge in [0.2, 0.25) is 5.91 Å². The van der Waals surface area contributed by atoms with Crippen LogP contribution in [-0.4, -0.2) is 84.3 Å². The first-order valence-electron chi connectivity index (χ1n) is 9.22. The molecule has 11 heteroatoms. The Labute approximate surface area is 165 Å². The molecule has 0 unspecified atom stereocenters. The van der Waals surface area contributed by atoms with E-state index in [1.54, 1.807) is 4.90 Å². The number of morpholine rings is 1. The number of hydrogen-bond donors (Lipinski definition) is 4. The van der Waals surface area contributed by atoms with E-state index in [1.165, 1.54) is 0 Å². The van der Waals surface area contributed by atoms with Gasteiger partial charge in [-0.3, -0.25) is 4.79 Å². The van der Waals surface area contributed by atoms with Gasteiger partial charge in [-0.15, -0.1) is 0 Å². The number of benzene rings is 1. The summed E-state index contributed by atoms with van der Waals surface area (Å²) in [4.78, 5) is 25.8. The van der Waals surface area contributed by atoms with Crippen molar-refractivity contribution in [1.29, 1.82) is 0 Å². The molecule has 3 rings (SSSR count). The Morgan fingerprint density at radius 1 is 1.14 bits per heavy atom. The van der Waals surface area contributed by atoms with Gasteiger partial charge in [-0.05, 0) is 12.1 Å². The molecule has 0 spiro atoms. The van der Waals surface area contributed by atoms with Crippen molar-refractivity contribution < 1.29 is 38.1 Å². The topological polar surface area (TPSA) is 120 Å². The molecule has 1 aromatic rings. The van der Waals surface area contributed by atoms with E-state index in [1.807, 2.05) is 0 Å². The average Bonchev–Trinajstić information content (AvgIpc) is 2.97. The van der Waals surface area contributed by atoms with Crippen molar-refractivity contribution in [3.63, 3.8) is 0 Å². The monoisotopic (exact) mass is 415 g/mol. The van der Waals surface area contributed by atoms with Gasteiger partial charge in [0.25, 0.3) is 0 Å². The lowest BCUT2D eigenvalue weighted by atomic mass is 10.0. The second-order valence-electron chi connectivity index (χ2n) is 6.85. The average molecular weight is 415 g/mol. The highest BCUT2D eigenvalue weighted by atomic mass is 19.1. The Morgan fingerprint density at radius 2 is 1.83 bits per heavy atom. The van der Waals surface area contributed by atoms with Crippen LogP contribution < -0.4 is 10.6 Å². The van der Waals surface area contributed by atoms with Crippen molar-refractivity contribution in [3.8, 4) is 0 Å². The van der Waals surface area contributed by atoms with Crippen molar-refractivity contribution in [2.45, 2.75) is 30.8 Å². The molecule has 2 heterocycles. The molecule has 0 saturated carbocycles. The smallest absolute Gasteiger partial charge is 0.319 e. The molecular formula is C18H23F2N3O6. The fraction of sp³-hybridized carbons (Fsp3) is 0.556. The summed E-state index contributed by atoms with van der Waals surface area (Å²) in [5.41, 5.74) is -0.217. The maximum absolute atomic E-state index is 13.6. The van der Waals surface area contributed by atoms with Gasteiger partial charge in [0.1, 0.15) is 29.9 Å². The standard InChI is InChI=1S/C18H23F2N3O6/c19-10-1-2-12(11(20)7-10)22-18(27)21-9-14-17(26)16(25)13(29-14)8-15(24)23-3-5-28-6-4-23/h1-2,7,13-14,16-17,25-26H,3-6,8-9H2,(H2,21,22,27)/t13-,14+,16-,17+/m0/s1. The third-order valence-electron chi connectivity index (χ3n) is 4.84. The minimum Gasteiger partial charge on any atom is -0.388 e. The van der Waals surface area contributed by atoms with Crippen LogP contribution in [0, 0.1) is 11.6 Å². The highest BCUT2D eigenvalue weighted by Gasteiger charge is 2.43. The number of hydrogen-bond acceptors (Lipinski definition) is 6. The first kappa shape index (κ1) is 21.4. The van der Waals surface area contributed by atoms with Gasteiger partial charge in [0, 0.05) is 25.7 Å². The number of nitrogens with one attached hydrogen (secondary N) is 2. The Kier molecular flexibility index (Phi) is 6.96. The summed E-state index contributed by atoms with van der Waals surface area (Å²) in [5.74, 6) is -1.93. The predicted molar refractivity (Wildman–Crippen MR) is 96.1 cm³/mol. The normalized spacial score (nSPS) is 27.0. The Balaban J connectivity index is 1.48. The van der Waals surface area contributed by atoms with Crippen LogP contribution in [0.15, 0.2) is 18.2 Å². The summed E-state index contributed by atoms with van der Waals surface area (Å²) in [7, 11) is 0. The number of anilines is 1. The zero-order valence-corrected chi connectivity index (χ0v) is 15.5. The van der Waals surface area contributed by atoms with E-state index in [4.69, 9.17) is 9.47 Å². The van der Waals surface area contributed by atoms with Gasteiger partial charge in [0.05, 0.1) is 31.4 Å². The van der Waals surface area contributed by atoms with Crippen LogP contribution in [0.4, 0.5) is 19.3 Å². The largest absolute Gasteiger partial charge is 0.388 e. The van der Waals surface area contributed by atoms with Crippen LogP contribution in [-0.2, 0) is 14.3 Å². The lowest BCUT2D eigenvalue weighted by Crippen LogP contribution is -2.43. The van der Waals surface area contributed by atoms with E-state index in [-0.39, 0.29) is 24.6 Å². The summed E-state index contributed by atoms with van der Waals surface area (Å²) in [6.45, 7) is 1.61. The second kappa shape index (κ2) is 9.44. The molecule has 9 nitrogen and oxygen atoms in total. The lowest BCUT2D eigenvalue weighted by molar-refractivity contribution is -0.139. The first-order chi connectivity index (χ1) is 13.8. The Bertz CT molecular complexity index is 746. The van der Waals surface area contributed by atoms with Crippen molar-refractivity contribution in [3.05, 3.63) is 29.8 Å². The molecule has 3 amide bonds. The summed E-state index contributed by atoms with van der Waals surface area (Å²) in [6.07, 6.45) is -4.56. The lowest BCUT2D eigenvalue weighted by Gasteiger charge is -2.28. The van der Waals surface area contributed by atoms with Crippen molar-refractivity contribution >= 4 is 17.6 Å². The van der Waals surface area contributed by atoms with Gasteiger partial charge < -0.3 is 35.2 Å². The molecule has 4 N–H and O–H groups in total. The van der Waals surface area contributed by atoms with Crippen molar-refractivity contribution in [2.24, 2.45) is 0 Å². The maximum Gasteiger partial charge on any atom is 0.319 e. The molecule has 29 heavy (non-hydrogen) atoms. The number of aliphatic hydroxyl groups is 2. The number of ether oxygens (including phenoxy) is 2. The number of nitrogens with zero attached hydrogens (tertiary/aromatic N) is 1. The number of aliphatic hydroxyl groups excluding tert-OH is 2. The second-order valence-corrected chi connectivity index (χ2v) is 6.85. The van der Waals surface area contributed by atoms with Crippen LogP contribution in [0.3, 0.4) is 0 Å². The van der Waals surface area contributed by atoms with Crippen molar-refractivity contribution in [1.82, 2.24) is 10.2 Å². The van der Waals surface area contributed by atoms with Gasteiger partial charge in [-0.1, -0.05) is 0 Å². The van der Waals surface area contributed by atoms with Gasteiger partial charge in [0.15, 0.2) is 0 Å². The third kappa shape index (κ3) is 5.38. The quantitative estimate of drug-likeness (QED) is 0.530. The number of carbonyl (C=O) groups excluding carboxylic acids is 2. The zero-order chi connectivity index (χ0) is 21.0. The summed E-state index contributed by atoms with van der Waals surface area (Å²) < 4.78 is 37.2. The zero-order valence-electron chi connectivity index (χ0n) is 15.5. The number of halogens is 2. The summed E-state index contributed by atoms with van der Waals surface area (Å²) in [5, 5.41) is 24.9. The molecule has 0 bridgehead atoms. The molecule has 0 aliphatic carbocycles. The van der Waals surface area contributed by atoms with E-state index < -0.39 is 42.1 Å². The van der Waals surface area contributed by atoms with Gasteiger partial charge in [-0.25, -0.2) is 13.6 Å². The molecule has 4 atom stereocenters. The SMILES string of the molecule is O=C(NC[C@H]1O[C@@H](CC(=O)N2CCOCC2)[C@H](O)[C@@H]1O)Nc1ccc(F)cc1F.